The molecule has 2 N–H and O–H groups in total. The number of aromatic nitrogens is 2. The fraction of sp³-hybridized carbons (Fsp3) is 0.353. The van der Waals surface area contributed by atoms with Crippen molar-refractivity contribution in [2.24, 2.45) is 0 Å². The number of carboxylic acids is 1. The average Bonchev–Trinajstić information content (AvgIpc) is 2.82. The second-order valence-electron chi connectivity index (χ2n) is 5.55. The molecule has 1 atom stereocenters. The molecule has 0 saturated heterocycles. The van der Waals surface area contributed by atoms with Crippen LogP contribution in [-0.4, -0.2) is 26.8 Å². The molecule has 2 rings (SSSR count). The zero-order valence-electron chi connectivity index (χ0n) is 13.3. The fourth-order valence-electron chi connectivity index (χ4n) is 2.49. The van der Waals surface area contributed by atoms with Crippen molar-refractivity contribution in [1.29, 1.82) is 0 Å². The van der Waals surface area contributed by atoms with Crippen molar-refractivity contribution < 1.29 is 14.7 Å². The Labute approximate surface area is 135 Å². The summed E-state index contributed by atoms with van der Waals surface area (Å²) in [4.78, 5) is 23.1. The number of hydrogen-bond acceptors (Lipinski definition) is 3. The Morgan fingerprint density at radius 3 is 2.52 bits per heavy atom. The maximum Gasteiger partial charge on any atom is 0.303 e. The topological polar surface area (TPSA) is 84.2 Å². The Kier molecular flexibility index (Phi) is 5.51. The van der Waals surface area contributed by atoms with Crippen molar-refractivity contribution in [1.82, 2.24) is 15.1 Å². The standard InChI is InChI=1S/C17H21N3O3/c1-12-10-13(2)20(19-12)11-16(21)18-15(8-9-17(22)23)14-6-4-3-5-7-14/h3-7,10,15H,8-9,11H2,1-2H3,(H,18,21)(H,22,23). The lowest BCUT2D eigenvalue weighted by atomic mass is 10.0. The van der Waals surface area contributed by atoms with Crippen molar-refractivity contribution in [2.45, 2.75) is 39.3 Å². The van der Waals surface area contributed by atoms with E-state index >= 15 is 0 Å². The molecule has 6 nitrogen and oxygen atoms in total. The average molecular weight is 315 g/mol. The molecule has 0 aliphatic carbocycles. The molecular formula is C17H21N3O3. The van der Waals surface area contributed by atoms with Gasteiger partial charge in [-0.3, -0.25) is 14.3 Å². The quantitative estimate of drug-likeness (QED) is 0.820. The number of aliphatic carboxylic acids is 1. The van der Waals surface area contributed by atoms with Crippen LogP contribution in [0.5, 0.6) is 0 Å². The van der Waals surface area contributed by atoms with Crippen LogP contribution in [0.1, 0.15) is 35.8 Å². The minimum Gasteiger partial charge on any atom is -0.481 e. The van der Waals surface area contributed by atoms with E-state index in [-0.39, 0.29) is 24.9 Å². The van der Waals surface area contributed by atoms with Crippen LogP contribution < -0.4 is 5.32 Å². The van der Waals surface area contributed by atoms with Gasteiger partial charge in [-0.15, -0.1) is 0 Å². The van der Waals surface area contributed by atoms with E-state index < -0.39 is 5.97 Å². The summed E-state index contributed by atoms with van der Waals surface area (Å²) in [5.41, 5.74) is 2.68. The van der Waals surface area contributed by atoms with Gasteiger partial charge >= 0.3 is 5.97 Å². The van der Waals surface area contributed by atoms with Gasteiger partial charge < -0.3 is 10.4 Å². The molecule has 0 saturated carbocycles. The molecule has 1 unspecified atom stereocenters. The first-order chi connectivity index (χ1) is 11.0. The van der Waals surface area contributed by atoms with E-state index in [1.54, 1.807) is 4.68 Å². The summed E-state index contributed by atoms with van der Waals surface area (Å²) in [7, 11) is 0. The number of carbonyl (C=O) groups is 2. The minimum atomic E-state index is -0.876. The molecular weight excluding hydrogens is 294 g/mol. The predicted molar refractivity (Wildman–Crippen MR) is 85.9 cm³/mol. The van der Waals surface area contributed by atoms with Crippen LogP contribution in [0.25, 0.3) is 0 Å². The number of rotatable bonds is 7. The summed E-state index contributed by atoms with van der Waals surface area (Å²) in [5.74, 6) is -1.06. The lowest BCUT2D eigenvalue weighted by Crippen LogP contribution is -2.32. The van der Waals surface area contributed by atoms with Crippen LogP contribution >= 0.6 is 0 Å². The Hall–Kier alpha value is -2.63. The summed E-state index contributed by atoms with van der Waals surface area (Å²) in [6, 6.07) is 11.0. The third-order valence-corrected chi connectivity index (χ3v) is 3.58. The fourth-order valence-corrected chi connectivity index (χ4v) is 2.49. The van der Waals surface area contributed by atoms with E-state index in [0.717, 1.165) is 17.0 Å². The SMILES string of the molecule is Cc1cc(C)n(CC(=O)NC(CCC(=O)O)c2ccccc2)n1. The van der Waals surface area contributed by atoms with Crippen LogP contribution in [-0.2, 0) is 16.1 Å². The zero-order chi connectivity index (χ0) is 16.8. The molecule has 23 heavy (non-hydrogen) atoms. The van der Waals surface area contributed by atoms with Crippen LogP contribution in [0.2, 0.25) is 0 Å². The Bertz CT molecular complexity index is 680. The second kappa shape index (κ2) is 7.58. The third-order valence-electron chi connectivity index (χ3n) is 3.58. The van der Waals surface area contributed by atoms with Crippen molar-refractivity contribution in [3.05, 3.63) is 53.3 Å². The summed E-state index contributed by atoms with van der Waals surface area (Å²) in [5, 5.41) is 16.1. The minimum absolute atomic E-state index is 0.000251. The van der Waals surface area contributed by atoms with Gasteiger partial charge in [0.05, 0.1) is 11.7 Å². The number of nitrogens with one attached hydrogen (secondary N) is 1. The van der Waals surface area contributed by atoms with E-state index in [9.17, 15) is 9.59 Å². The summed E-state index contributed by atoms with van der Waals surface area (Å²) in [6.45, 7) is 3.89. The van der Waals surface area contributed by atoms with Gasteiger partial charge in [0.15, 0.2) is 0 Å². The molecule has 0 spiro atoms. The van der Waals surface area contributed by atoms with E-state index in [0.29, 0.717) is 6.42 Å². The monoisotopic (exact) mass is 315 g/mol. The molecule has 1 aromatic heterocycles. The highest BCUT2D eigenvalue weighted by Crippen LogP contribution is 2.18. The van der Waals surface area contributed by atoms with E-state index in [1.807, 2.05) is 50.2 Å². The van der Waals surface area contributed by atoms with Crippen LogP contribution in [0.15, 0.2) is 36.4 Å². The molecule has 6 heteroatoms. The van der Waals surface area contributed by atoms with E-state index in [2.05, 4.69) is 10.4 Å². The number of hydrogen-bond donors (Lipinski definition) is 2. The lowest BCUT2D eigenvalue weighted by Gasteiger charge is -2.19. The molecule has 0 aliphatic rings. The highest BCUT2D eigenvalue weighted by Gasteiger charge is 2.17. The molecule has 0 aliphatic heterocycles. The summed E-state index contributed by atoms with van der Waals surface area (Å²) >= 11 is 0. The molecule has 1 heterocycles. The van der Waals surface area contributed by atoms with Gasteiger partial charge in [0.25, 0.3) is 0 Å². The third kappa shape index (κ3) is 4.95. The van der Waals surface area contributed by atoms with Gasteiger partial charge in [0.1, 0.15) is 6.54 Å². The van der Waals surface area contributed by atoms with Crippen molar-refractivity contribution in [3.8, 4) is 0 Å². The van der Waals surface area contributed by atoms with Gasteiger partial charge in [-0.05, 0) is 31.9 Å². The molecule has 0 fully saturated rings. The highest BCUT2D eigenvalue weighted by molar-refractivity contribution is 5.76. The second-order valence-corrected chi connectivity index (χ2v) is 5.55. The van der Waals surface area contributed by atoms with Crippen LogP contribution in [0.4, 0.5) is 0 Å². The number of amides is 1. The van der Waals surface area contributed by atoms with Crippen molar-refractivity contribution in [2.75, 3.05) is 0 Å². The molecule has 122 valence electrons. The Morgan fingerprint density at radius 1 is 1.26 bits per heavy atom. The Morgan fingerprint density at radius 2 is 1.96 bits per heavy atom. The summed E-state index contributed by atoms with van der Waals surface area (Å²) < 4.78 is 1.64. The van der Waals surface area contributed by atoms with Gasteiger partial charge in [-0.25, -0.2) is 0 Å². The number of carbonyl (C=O) groups excluding carboxylic acids is 1. The maximum absolute atomic E-state index is 12.3. The van der Waals surface area contributed by atoms with Gasteiger partial charge in [-0.1, -0.05) is 30.3 Å². The zero-order valence-corrected chi connectivity index (χ0v) is 13.3. The molecule has 2 aromatic rings. The van der Waals surface area contributed by atoms with Gasteiger partial charge in [0, 0.05) is 12.1 Å². The smallest absolute Gasteiger partial charge is 0.303 e. The first-order valence-electron chi connectivity index (χ1n) is 7.53. The molecule has 0 bridgehead atoms. The normalized spacial score (nSPS) is 11.9. The largest absolute Gasteiger partial charge is 0.481 e. The van der Waals surface area contributed by atoms with Gasteiger partial charge in [0.2, 0.25) is 5.91 Å². The summed E-state index contributed by atoms with van der Waals surface area (Å²) in [6.07, 6.45) is 0.349. The number of benzene rings is 1. The van der Waals surface area contributed by atoms with E-state index in [4.69, 9.17) is 5.11 Å². The lowest BCUT2D eigenvalue weighted by molar-refractivity contribution is -0.137. The molecule has 1 aromatic carbocycles. The van der Waals surface area contributed by atoms with Crippen molar-refractivity contribution >= 4 is 11.9 Å². The molecule has 0 radical (unpaired) electrons. The van der Waals surface area contributed by atoms with Crippen LogP contribution in [0.3, 0.4) is 0 Å². The molecule has 1 amide bonds. The van der Waals surface area contributed by atoms with Crippen molar-refractivity contribution in [3.63, 3.8) is 0 Å². The Balaban J connectivity index is 2.05. The van der Waals surface area contributed by atoms with Crippen LogP contribution in [0, 0.1) is 13.8 Å². The maximum atomic E-state index is 12.3. The number of carboxylic acid groups (broad SMARTS) is 1. The van der Waals surface area contributed by atoms with E-state index in [1.165, 1.54) is 0 Å². The van der Waals surface area contributed by atoms with Gasteiger partial charge in [-0.2, -0.15) is 5.10 Å². The highest BCUT2D eigenvalue weighted by atomic mass is 16.4. The first kappa shape index (κ1) is 16.7. The number of nitrogens with zero attached hydrogens (tertiary/aromatic N) is 2. The first-order valence-corrected chi connectivity index (χ1v) is 7.53. The number of aryl methyl sites for hydroxylation is 2. The predicted octanol–water partition coefficient (Wildman–Crippen LogP) is 2.22.